The van der Waals surface area contributed by atoms with Gasteiger partial charge in [0, 0.05) is 5.56 Å². The summed E-state index contributed by atoms with van der Waals surface area (Å²) in [5, 5.41) is 8.73. The Balaban J connectivity index is 1.84. The van der Waals surface area contributed by atoms with Gasteiger partial charge >= 0.3 is 12.6 Å². The molecule has 0 spiro atoms. The van der Waals surface area contributed by atoms with E-state index in [1.165, 1.54) is 43.3 Å². The minimum absolute atomic E-state index is 0.0806. The third-order valence-corrected chi connectivity index (χ3v) is 3.38. The second-order valence-electron chi connectivity index (χ2n) is 5.33. The lowest BCUT2D eigenvalue weighted by Crippen LogP contribution is -2.28. The molecule has 0 aliphatic rings. The molecule has 0 fully saturated rings. The van der Waals surface area contributed by atoms with Crippen LogP contribution in [0.4, 0.5) is 8.78 Å². The summed E-state index contributed by atoms with van der Waals surface area (Å²) in [4.78, 5) is 23.9. The monoisotopic (exact) mass is 375 g/mol. The summed E-state index contributed by atoms with van der Waals surface area (Å²) in [5.74, 6) is -0.953. The molecular weight excluding hydrogens is 360 g/mol. The summed E-state index contributed by atoms with van der Waals surface area (Å²) in [7, 11) is 0. The molecule has 0 bridgehead atoms. The van der Waals surface area contributed by atoms with Gasteiger partial charge in [0.2, 0.25) is 0 Å². The molecule has 0 unspecified atom stereocenters. The van der Waals surface area contributed by atoms with E-state index < -0.39 is 31.1 Å². The van der Waals surface area contributed by atoms with Crippen molar-refractivity contribution >= 4 is 11.8 Å². The molecule has 0 aliphatic carbocycles. The van der Waals surface area contributed by atoms with Crippen molar-refractivity contribution in [3.05, 3.63) is 59.7 Å². The Bertz CT molecular complexity index is 829. The molecule has 2 aromatic rings. The first kappa shape index (κ1) is 19.8. The molecule has 2 rings (SSSR count). The molecule has 0 heterocycles. The number of alkyl halides is 2. The van der Waals surface area contributed by atoms with Gasteiger partial charge in [0.25, 0.3) is 0 Å². The second kappa shape index (κ2) is 9.29. The summed E-state index contributed by atoms with van der Waals surface area (Å²) in [6.45, 7) is -2.01. The van der Waals surface area contributed by atoms with Gasteiger partial charge in [-0.2, -0.15) is 14.0 Å². The van der Waals surface area contributed by atoms with Gasteiger partial charge in [0.15, 0.2) is 18.5 Å². The zero-order valence-corrected chi connectivity index (χ0v) is 14.2. The molecule has 27 heavy (non-hydrogen) atoms. The van der Waals surface area contributed by atoms with E-state index in [1.807, 2.05) is 6.07 Å². The van der Waals surface area contributed by atoms with E-state index in [-0.39, 0.29) is 11.3 Å². The molecule has 0 saturated heterocycles. The van der Waals surface area contributed by atoms with Gasteiger partial charge in [0.05, 0.1) is 11.6 Å². The van der Waals surface area contributed by atoms with Crippen LogP contribution in [0.25, 0.3) is 0 Å². The first-order valence-electron chi connectivity index (χ1n) is 7.80. The highest BCUT2D eigenvalue weighted by molar-refractivity contribution is 5.98. The number of halogens is 2. The summed E-state index contributed by atoms with van der Waals surface area (Å²) in [6, 6.07) is 13.2. The Morgan fingerprint density at radius 1 is 1.00 bits per heavy atom. The highest BCUT2D eigenvalue weighted by Gasteiger charge is 2.18. The van der Waals surface area contributed by atoms with Crippen molar-refractivity contribution in [2.24, 2.45) is 0 Å². The predicted octanol–water partition coefficient (Wildman–Crippen LogP) is 3.35. The lowest BCUT2D eigenvalue weighted by Gasteiger charge is -2.13. The fourth-order valence-electron chi connectivity index (χ4n) is 2.02. The normalized spacial score (nSPS) is 11.4. The summed E-state index contributed by atoms with van der Waals surface area (Å²) < 4.78 is 38.7. The van der Waals surface area contributed by atoms with Crippen molar-refractivity contribution < 1.29 is 32.6 Å². The molecule has 0 saturated carbocycles. The lowest BCUT2D eigenvalue weighted by atomic mass is 10.1. The second-order valence-corrected chi connectivity index (χ2v) is 5.33. The number of carbonyl (C=O) groups is 2. The van der Waals surface area contributed by atoms with Crippen molar-refractivity contribution in [2.45, 2.75) is 19.6 Å². The number of ether oxygens (including phenoxy) is 3. The van der Waals surface area contributed by atoms with Gasteiger partial charge in [-0.05, 0) is 55.5 Å². The van der Waals surface area contributed by atoms with Crippen molar-refractivity contribution in [1.82, 2.24) is 0 Å². The highest BCUT2D eigenvalue weighted by Crippen LogP contribution is 2.16. The number of nitrogens with zero attached hydrogens (tertiary/aromatic N) is 1. The fourth-order valence-corrected chi connectivity index (χ4v) is 2.02. The van der Waals surface area contributed by atoms with Gasteiger partial charge in [-0.15, -0.1) is 0 Å². The topological polar surface area (TPSA) is 85.6 Å². The Hall–Kier alpha value is -3.47. The number of esters is 1. The minimum atomic E-state index is -2.95. The van der Waals surface area contributed by atoms with Crippen LogP contribution >= 0.6 is 0 Å². The van der Waals surface area contributed by atoms with Crippen LogP contribution in [0.3, 0.4) is 0 Å². The maximum Gasteiger partial charge on any atom is 0.387 e. The SMILES string of the molecule is C[C@@H](Oc1ccc(C#N)cc1)C(=O)OCC(=O)c1ccc(OC(F)F)cc1. The van der Waals surface area contributed by atoms with Gasteiger partial charge in [-0.25, -0.2) is 4.79 Å². The maximum atomic E-state index is 12.1. The predicted molar refractivity (Wildman–Crippen MR) is 89.6 cm³/mol. The van der Waals surface area contributed by atoms with E-state index >= 15 is 0 Å². The summed E-state index contributed by atoms with van der Waals surface area (Å²) in [5.41, 5.74) is 0.637. The van der Waals surface area contributed by atoms with Crippen molar-refractivity contribution in [1.29, 1.82) is 5.26 Å². The van der Waals surface area contributed by atoms with Crippen molar-refractivity contribution in [3.63, 3.8) is 0 Å². The molecule has 6 nitrogen and oxygen atoms in total. The first-order valence-corrected chi connectivity index (χ1v) is 7.80. The smallest absolute Gasteiger partial charge is 0.387 e. The zero-order valence-electron chi connectivity index (χ0n) is 14.2. The quantitative estimate of drug-likeness (QED) is 0.520. The molecule has 140 valence electrons. The standard InChI is InChI=1S/C19H15F2NO5/c1-12(26-15-6-2-13(10-22)3-7-15)18(24)25-11-17(23)14-4-8-16(9-5-14)27-19(20)21/h2-9,12,19H,11H2,1H3/t12-/m1/s1. The van der Waals surface area contributed by atoms with E-state index in [1.54, 1.807) is 12.1 Å². The molecule has 8 heteroatoms. The Morgan fingerprint density at radius 3 is 2.11 bits per heavy atom. The highest BCUT2D eigenvalue weighted by atomic mass is 19.3. The van der Waals surface area contributed by atoms with Crippen LogP contribution < -0.4 is 9.47 Å². The lowest BCUT2D eigenvalue weighted by molar-refractivity contribution is -0.149. The largest absolute Gasteiger partial charge is 0.479 e. The van der Waals surface area contributed by atoms with E-state index in [9.17, 15) is 18.4 Å². The average molecular weight is 375 g/mol. The van der Waals surface area contributed by atoms with Crippen LogP contribution in [-0.4, -0.2) is 31.1 Å². The van der Waals surface area contributed by atoms with Crippen LogP contribution in [0.1, 0.15) is 22.8 Å². The van der Waals surface area contributed by atoms with Crippen molar-refractivity contribution in [3.8, 4) is 17.6 Å². The fraction of sp³-hybridized carbons (Fsp3) is 0.211. The van der Waals surface area contributed by atoms with Crippen LogP contribution in [0.2, 0.25) is 0 Å². The van der Waals surface area contributed by atoms with Gasteiger partial charge in [0.1, 0.15) is 11.5 Å². The van der Waals surface area contributed by atoms with Crippen molar-refractivity contribution in [2.75, 3.05) is 6.61 Å². The van der Waals surface area contributed by atoms with Crippen LogP contribution in [0, 0.1) is 11.3 Å². The van der Waals surface area contributed by atoms with Gasteiger partial charge in [-0.3, -0.25) is 4.79 Å². The Labute approximate surface area is 153 Å². The van der Waals surface area contributed by atoms with Crippen LogP contribution in [-0.2, 0) is 9.53 Å². The zero-order chi connectivity index (χ0) is 19.8. The van der Waals surface area contributed by atoms with Gasteiger partial charge in [-0.1, -0.05) is 0 Å². The maximum absolute atomic E-state index is 12.1. The number of hydrogen-bond acceptors (Lipinski definition) is 6. The molecule has 0 amide bonds. The number of ketones is 1. The molecule has 0 N–H and O–H groups in total. The molecule has 0 aromatic heterocycles. The van der Waals surface area contributed by atoms with Crippen LogP contribution in [0.15, 0.2) is 48.5 Å². The number of nitriles is 1. The molecule has 0 aliphatic heterocycles. The average Bonchev–Trinajstić information content (AvgIpc) is 2.66. The first-order chi connectivity index (χ1) is 12.9. The third-order valence-electron chi connectivity index (χ3n) is 3.38. The number of rotatable bonds is 8. The van der Waals surface area contributed by atoms with Crippen LogP contribution in [0.5, 0.6) is 11.5 Å². The molecule has 2 aromatic carbocycles. The molecular formula is C19H15F2NO5. The summed E-state index contributed by atoms with van der Waals surface area (Å²) in [6.07, 6.45) is -0.965. The van der Waals surface area contributed by atoms with Gasteiger partial charge < -0.3 is 14.2 Å². The number of carbonyl (C=O) groups excluding carboxylic acids is 2. The summed E-state index contributed by atoms with van der Waals surface area (Å²) >= 11 is 0. The minimum Gasteiger partial charge on any atom is -0.479 e. The van der Waals surface area contributed by atoms with E-state index in [2.05, 4.69) is 4.74 Å². The van der Waals surface area contributed by atoms with E-state index in [0.717, 1.165) is 0 Å². The Morgan fingerprint density at radius 2 is 1.56 bits per heavy atom. The van der Waals surface area contributed by atoms with E-state index in [0.29, 0.717) is 11.3 Å². The third kappa shape index (κ3) is 6.08. The molecule has 1 atom stereocenters. The number of hydrogen-bond donors (Lipinski definition) is 0. The Kier molecular flexibility index (Phi) is 6.83. The molecule has 0 radical (unpaired) electrons. The number of benzene rings is 2. The number of Topliss-reactive ketones (excluding diaryl/α,β-unsaturated/α-hetero) is 1. The van der Waals surface area contributed by atoms with E-state index in [4.69, 9.17) is 14.7 Å².